The van der Waals surface area contributed by atoms with Gasteiger partial charge in [-0.25, -0.2) is 19.1 Å². The fourth-order valence-electron chi connectivity index (χ4n) is 7.43. The third-order valence-electron chi connectivity index (χ3n) is 11.2. The van der Waals surface area contributed by atoms with Gasteiger partial charge in [0.15, 0.2) is 0 Å². The highest BCUT2D eigenvalue weighted by molar-refractivity contribution is 7.87. The summed E-state index contributed by atoms with van der Waals surface area (Å²) in [5.74, 6) is -2.90. The number of amides is 3. The lowest BCUT2D eigenvalue weighted by molar-refractivity contribution is -0.141. The maximum Gasteiger partial charge on any atom is 0.419 e. The molecule has 0 radical (unpaired) electrons. The van der Waals surface area contributed by atoms with Gasteiger partial charge in [0.25, 0.3) is 5.91 Å². The van der Waals surface area contributed by atoms with Crippen LogP contribution in [0.2, 0.25) is 0 Å². The van der Waals surface area contributed by atoms with E-state index in [1.165, 1.54) is 30.3 Å². The molecule has 3 N–H and O–H groups in total. The number of thiazole rings is 1. The van der Waals surface area contributed by atoms with Crippen molar-refractivity contribution in [3.05, 3.63) is 76.1 Å². The molecule has 1 saturated heterocycles. The average molecular weight is 918 g/mol. The second-order valence-electron chi connectivity index (χ2n) is 17.2. The minimum Gasteiger partial charge on any atom is -0.496 e. The Morgan fingerprint density at radius 1 is 1.06 bits per heavy atom. The van der Waals surface area contributed by atoms with Crippen LogP contribution in [-0.4, -0.2) is 96.8 Å². The van der Waals surface area contributed by atoms with E-state index in [0.717, 1.165) is 21.6 Å². The number of aromatic nitrogens is 2. The van der Waals surface area contributed by atoms with Crippen molar-refractivity contribution in [2.75, 3.05) is 33.1 Å². The number of carbonyl (C=O) groups is 3. The molecule has 340 valence electrons. The maximum atomic E-state index is 14.9. The van der Waals surface area contributed by atoms with Crippen LogP contribution in [0.25, 0.3) is 21.6 Å². The molecule has 4 atom stereocenters. The molecule has 2 aromatic carbocycles. The predicted octanol–water partition coefficient (Wildman–Crippen LogP) is 6.96. The standard InChI is InChI=1S/C43H51F4N7O7S2/c1-11-24-19-42(24,40(57)52-63(58,59)53(8)9)51-37(55)32-17-26(20-54(32)39(56)36(41(5,6)7)48-25-12-14-29(44)28(16-25)43(45,46)47)61-34-18-30(38-50-31(21-62-38)22(2)3)49-35-23(4)33(60-10)15-13-27(34)35/h11-16,18,21-22,26,32,36,48H,17,19-20H2,1-10H3,(H,51,55)(H,52,57)/b24-11+/t26-,32+,36-,42-/m1/s1. The molecule has 20 heteroatoms. The number of likely N-dealkylation sites (tertiary alicyclic amines) is 1. The van der Waals surface area contributed by atoms with Crippen LogP contribution in [0.4, 0.5) is 23.2 Å². The number of halogens is 4. The first-order valence-electron chi connectivity index (χ1n) is 20.1. The third kappa shape index (κ3) is 9.62. The number of hydrogen-bond donors (Lipinski definition) is 3. The summed E-state index contributed by atoms with van der Waals surface area (Å²) in [6, 6.07) is 4.98. The molecule has 2 aliphatic rings. The van der Waals surface area contributed by atoms with E-state index in [4.69, 9.17) is 19.4 Å². The van der Waals surface area contributed by atoms with Crippen LogP contribution in [0, 0.1) is 18.2 Å². The van der Waals surface area contributed by atoms with Crippen LogP contribution in [0.5, 0.6) is 11.5 Å². The number of fused-ring (bicyclic) bond motifs is 1. The first-order chi connectivity index (χ1) is 29.3. The highest BCUT2D eigenvalue weighted by atomic mass is 32.2. The largest absolute Gasteiger partial charge is 0.496 e. The lowest BCUT2D eigenvalue weighted by Crippen LogP contribution is -2.58. The zero-order valence-corrected chi connectivity index (χ0v) is 38.2. The zero-order chi connectivity index (χ0) is 46.6. The molecule has 1 saturated carbocycles. The number of allylic oxidation sites excluding steroid dienone is 1. The van der Waals surface area contributed by atoms with Gasteiger partial charge >= 0.3 is 16.4 Å². The number of rotatable bonds is 13. The smallest absolute Gasteiger partial charge is 0.419 e. The third-order valence-corrected chi connectivity index (χ3v) is 13.5. The van der Waals surface area contributed by atoms with Crippen LogP contribution in [0.1, 0.15) is 77.1 Å². The number of nitrogens with one attached hydrogen (secondary N) is 3. The Morgan fingerprint density at radius 2 is 1.76 bits per heavy atom. The van der Waals surface area contributed by atoms with E-state index >= 15 is 0 Å². The van der Waals surface area contributed by atoms with E-state index < -0.39 is 74.6 Å². The Kier molecular flexibility index (Phi) is 13.0. The molecule has 14 nitrogen and oxygen atoms in total. The van der Waals surface area contributed by atoms with Gasteiger partial charge in [-0.05, 0) is 61.1 Å². The SMILES string of the molecule is C/C=C1\C[C@]1(NC(=O)[C@@H]1C[C@@H](Oc2cc(-c3nc(C(C)C)cs3)nc3c(C)c(OC)ccc23)CN1C(=O)[C@@H](Nc1ccc(F)c(C(F)(F)F)c1)C(C)(C)C)C(=O)NS(=O)(=O)N(C)C. The average Bonchev–Trinajstić information content (AvgIpc) is 3.47. The number of ether oxygens (including phenoxy) is 2. The number of alkyl halides is 3. The van der Waals surface area contributed by atoms with Crippen molar-refractivity contribution >= 4 is 55.9 Å². The molecule has 63 heavy (non-hydrogen) atoms. The number of hydrogen-bond acceptors (Lipinski definition) is 11. The Hall–Kier alpha value is -5.34. The Bertz CT molecular complexity index is 2590. The van der Waals surface area contributed by atoms with Gasteiger partial charge in [-0.1, -0.05) is 40.7 Å². The number of nitrogens with zero attached hydrogens (tertiary/aromatic N) is 4. The monoisotopic (exact) mass is 917 g/mol. The normalized spacial score (nSPS) is 20.3. The number of methoxy groups -OCH3 is 1. The molecule has 0 unspecified atom stereocenters. The molecular weight excluding hydrogens is 867 g/mol. The van der Waals surface area contributed by atoms with Crippen molar-refractivity contribution in [1.29, 1.82) is 0 Å². The Labute approximate surface area is 367 Å². The topological polar surface area (TPSA) is 172 Å². The minimum atomic E-state index is -5.02. The van der Waals surface area contributed by atoms with Crippen molar-refractivity contribution in [3.63, 3.8) is 0 Å². The van der Waals surface area contributed by atoms with E-state index in [1.54, 1.807) is 59.1 Å². The lowest BCUT2D eigenvalue weighted by Gasteiger charge is -2.36. The molecule has 4 aromatic rings. The van der Waals surface area contributed by atoms with Gasteiger partial charge in [0, 0.05) is 55.0 Å². The summed E-state index contributed by atoms with van der Waals surface area (Å²) < 4.78 is 96.2. The number of benzene rings is 2. The number of carbonyl (C=O) groups excluding carboxylic acids is 3. The highest BCUT2D eigenvalue weighted by Gasteiger charge is 2.59. The highest BCUT2D eigenvalue weighted by Crippen LogP contribution is 2.44. The summed E-state index contributed by atoms with van der Waals surface area (Å²) in [6.07, 6.45) is -4.45. The molecule has 1 aliphatic heterocycles. The van der Waals surface area contributed by atoms with E-state index in [1.807, 2.05) is 30.9 Å². The first kappa shape index (κ1) is 47.1. The summed E-state index contributed by atoms with van der Waals surface area (Å²) >= 11 is 1.41. The lowest BCUT2D eigenvalue weighted by atomic mass is 9.85. The number of aryl methyl sites for hydroxylation is 1. The fraction of sp³-hybridized carbons (Fsp3) is 0.465. The molecular formula is C43H51F4N7O7S2. The van der Waals surface area contributed by atoms with Crippen LogP contribution in [0.3, 0.4) is 0 Å². The summed E-state index contributed by atoms with van der Waals surface area (Å²) in [5.41, 5.74) is -1.37. The van der Waals surface area contributed by atoms with Gasteiger partial charge in [-0.2, -0.15) is 25.9 Å². The Morgan fingerprint density at radius 3 is 2.33 bits per heavy atom. The molecule has 3 heterocycles. The maximum absolute atomic E-state index is 14.9. The van der Waals surface area contributed by atoms with Crippen molar-refractivity contribution in [2.45, 2.75) is 97.1 Å². The van der Waals surface area contributed by atoms with E-state index in [-0.39, 0.29) is 31.0 Å². The summed E-state index contributed by atoms with van der Waals surface area (Å²) in [6.45, 7) is 12.4. The quantitative estimate of drug-likeness (QED) is 0.0941. The molecule has 0 spiro atoms. The second kappa shape index (κ2) is 17.3. The Balaban J connectivity index is 1.41. The number of anilines is 1. The van der Waals surface area contributed by atoms with Gasteiger partial charge in [0.1, 0.15) is 51.7 Å². The van der Waals surface area contributed by atoms with Crippen LogP contribution < -0.4 is 24.8 Å². The molecule has 0 bridgehead atoms. The van der Waals surface area contributed by atoms with Crippen molar-refractivity contribution in [1.82, 2.24) is 29.2 Å². The molecule has 2 fully saturated rings. The molecule has 1 aliphatic carbocycles. The van der Waals surface area contributed by atoms with E-state index in [2.05, 4.69) is 10.6 Å². The first-order valence-corrected chi connectivity index (χ1v) is 22.4. The van der Waals surface area contributed by atoms with Crippen LogP contribution >= 0.6 is 11.3 Å². The molecule has 3 amide bonds. The molecule has 6 rings (SSSR count). The van der Waals surface area contributed by atoms with Gasteiger partial charge < -0.3 is 25.0 Å². The summed E-state index contributed by atoms with van der Waals surface area (Å²) in [7, 11) is -0.263. The van der Waals surface area contributed by atoms with Gasteiger partial charge in [-0.15, -0.1) is 11.3 Å². The molecule has 2 aromatic heterocycles. The van der Waals surface area contributed by atoms with Crippen molar-refractivity contribution < 1.29 is 49.8 Å². The van der Waals surface area contributed by atoms with Crippen molar-refractivity contribution in [2.24, 2.45) is 5.41 Å². The second-order valence-corrected chi connectivity index (χ2v) is 20.0. The van der Waals surface area contributed by atoms with E-state index in [9.17, 15) is 40.4 Å². The van der Waals surface area contributed by atoms with Crippen LogP contribution in [0.15, 0.2) is 53.4 Å². The minimum absolute atomic E-state index is 0.00717. The zero-order valence-electron chi connectivity index (χ0n) is 36.5. The van der Waals surface area contributed by atoms with Gasteiger partial charge in [0.2, 0.25) is 11.8 Å². The van der Waals surface area contributed by atoms with Crippen LogP contribution in [-0.2, 0) is 30.8 Å². The fourth-order valence-corrected chi connectivity index (χ4v) is 8.96. The van der Waals surface area contributed by atoms with Crippen molar-refractivity contribution in [3.8, 4) is 22.2 Å². The summed E-state index contributed by atoms with van der Waals surface area (Å²) in [4.78, 5) is 54.1. The number of pyridine rings is 1. The van der Waals surface area contributed by atoms with Gasteiger partial charge in [-0.3, -0.25) is 14.4 Å². The summed E-state index contributed by atoms with van der Waals surface area (Å²) in [5, 5.41) is 8.77. The predicted molar refractivity (Wildman–Crippen MR) is 231 cm³/mol. The van der Waals surface area contributed by atoms with E-state index in [0.29, 0.717) is 50.8 Å². The van der Waals surface area contributed by atoms with Gasteiger partial charge in [0.05, 0.1) is 30.4 Å².